The number of sulfonamides is 1. The Bertz CT molecular complexity index is 1240. The lowest BCUT2D eigenvalue weighted by atomic mass is 9.99. The summed E-state index contributed by atoms with van der Waals surface area (Å²) in [7, 11) is 1.07. The summed E-state index contributed by atoms with van der Waals surface area (Å²) in [4.78, 5) is 2.42. The highest BCUT2D eigenvalue weighted by Gasteiger charge is 2.28. The van der Waals surface area contributed by atoms with Crippen LogP contribution in [-0.4, -0.2) is 55.8 Å². The summed E-state index contributed by atoms with van der Waals surface area (Å²) >= 11 is 0. The van der Waals surface area contributed by atoms with Crippen LogP contribution in [0.25, 0.3) is 10.9 Å². The molecule has 0 amide bonds. The monoisotopic (exact) mass is 442 g/mol. The van der Waals surface area contributed by atoms with E-state index in [0.717, 1.165) is 35.3 Å². The van der Waals surface area contributed by atoms with Gasteiger partial charge in [0.1, 0.15) is 5.75 Å². The van der Waals surface area contributed by atoms with Crippen LogP contribution in [0, 0.1) is 0 Å². The van der Waals surface area contributed by atoms with Gasteiger partial charge in [-0.05, 0) is 43.5 Å². The Labute approximate surface area is 182 Å². The van der Waals surface area contributed by atoms with Crippen LogP contribution in [0.5, 0.6) is 5.75 Å². The predicted octanol–water partition coefficient (Wildman–Crippen LogP) is 3.03. The number of fused-ring (bicyclic) bond motifs is 2. The highest BCUT2D eigenvalue weighted by molar-refractivity contribution is 7.89. The lowest BCUT2D eigenvalue weighted by Gasteiger charge is -2.33. The zero-order valence-electron chi connectivity index (χ0n) is 18.0. The maximum absolute atomic E-state index is 12.9. The first-order valence-corrected chi connectivity index (χ1v) is 11.5. The van der Waals surface area contributed by atoms with Crippen LogP contribution in [0.2, 0.25) is 0 Å². The lowest BCUT2D eigenvalue weighted by molar-refractivity contribution is 0.194. The molecule has 1 N–H and O–H groups in total. The Hall–Kier alpha value is -2.75. The number of aliphatic hydroxyl groups excluding tert-OH is 1. The van der Waals surface area contributed by atoms with Crippen molar-refractivity contribution >= 4 is 32.3 Å². The van der Waals surface area contributed by atoms with E-state index in [9.17, 15) is 13.5 Å². The minimum atomic E-state index is -3.56. The molecular weight excluding hydrogens is 416 g/mol. The average Bonchev–Trinajstić information content (AvgIpc) is 2.76. The minimum absolute atomic E-state index is 0.331. The van der Waals surface area contributed by atoms with Gasteiger partial charge in [0.2, 0.25) is 10.0 Å². The van der Waals surface area contributed by atoms with Crippen LogP contribution in [0.3, 0.4) is 0 Å². The molecule has 0 aliphatic carbocycles. The van der Waals surface area contributed by atoms with E-state index < -0.39 is 16.1 Å². The SMILES string of the molecule is COc1cc2nncc(N3CCCc4c3cccc4S(=O)(=O)N(C)C)c2cc1C(C)O. The number of nitrogens with zero attached hydrogens (tertiary/aromatic N) is 4. The summed E-state index contributed by atoms with van der Waals surface area (Å²) < 4.78 is 32.4. The fourth-order valence-corrected chi connectivity index (χ4v) is 5.25. The van der Waals surface area contributed by atoms with Gasteiger partial charge in [-0.2, -0.15) is 10.2 Å². The number of anilines is 2. The van der Waals surface area contributed by atoms with Crippen LogP contribution in [0.4, 0.5) is 11.4 Å². The predicted molar refractivity (Wildman–Crippen MR) is 119 cm³/mol. The maximum Gasteiger partial charge on any atom is 0.242 e. The summed E-state index contributed by atoms with van der Waals surface area (Å²) in [6, 6.07) is 9.02. The van der Waals surface area contributed by atoms with Gasteiger partial charge in [-0.1, -0.05) is 6.07 Å². The second-order valence-corrected chi connectivity index (χ2v) is 9.93. The van der Waals surface area contributed by atoms with Gasteiger partial charge in [0, 0.05) is 43.3 Å². The molecule has 9 heteroatoms. The fourth-order valence-electron chi connectivity index (χ4n) is 4.09. The topological polar surface area (TPSA) is 95.9 Å². The normalized spacial score (nSPS) is 15.2. The molecule has 0 fully saturated rings. The molecule has 0 saturated heterocycles. The van der Waals surface area contributed by atoms with Gasteiger partial charge in [-0.25, -0.2) is 12.7 Å². The van der Waals surface area contributed by atoms with Crippen LogP contribution in [-0.2, 0) is 16.4 Å². The summed E-state index contributed by atoms with van der Waals surface area (Å²) in [5.74, 6) is 0.548. The maximum atomic E-state index is 12.9. The quantitative estimate of drug-likeness (QED) is 0.649. The van der Waals surface area contributed by atoms with Crippen molar-refractivity contribution in [3.8, 4) is 5.75 Å². The smallest absolute Gasteiger partial charge is 0.242 e. The van der Waals surface area contributed by atoms with Crippen molar-refractivity contribution in [1.29, 1.82) is 0 Å². The zero-order valence-corrected chi connectivity index (χ0v) is 18.8. The molecule has 1 unspecified atom stereocenters. The fraction of sp³-hybridized carbons (Fsp3) is 0.364. The summed E-state index contributed by atoms with van der Waals surface area (Å²) in [6.45, 7) is 2.40. The number of hydrogen-bond donors (Lipinski definition) is 1. The van der Waals surface area contributed by atoms with Gasteiger partial charge in [-0.15, -0.1) is 0 Å². The van der Waals surface area contributed by atoms with Crippen LogP contribution in [0.1, 0.15) is 30.6 Å². The number of aromatic nitrogens is 2. The molecule has 8 nitrogen and oxygen atoms in total. The molecule has 0 spiro atoms. The van der Waals surface area contributed by atoms with E-state index in [1.165, 1.54) is 4.31 Å². The number of hydrogen-bond acceptors (Lipinski definition) is 7. The van der Waals surface area contributed by atoms with Gasteiger partial charge in [-0.3, -0.25) is 0 Å². The average molecular weight is 443 g/mol. The molecule has 2 aromatic carbocycles. The van der Waals surface area contributed by atoms with Gasteiger partial charge in [0.25, 0.3) is 0 Å². The highest BCUT2D eigenvalue weighted by Crippen LogP contribution is 2.41. The Balaban J connectivity index is 1.93. The summed E-state index contributed by atoms with van der Waals surface area (Å²) in [5.41, 5.74) is 3.76. The van der Waals surface area contributed by atoms with Gasteiger partial charge < -0.3 is 14.7 Å². The van der Waals surface area contributed by atoms with E-state index in [0.29, 0.717) is 28.1 Å². The van der Waals surface area contributed by atoms with Gasteiger partial charge in [0.05, 0.1) is 35.5 Å². The first kappa shape index (κ1) is 21.5. The second-order valence-electron chi connectivity index (χ2n) is 7.81. The Morgan fingerprint density at radius 3 is 2.68 bits per heavy atom. The van der Waals surface area contributed by atoms with Gasteiger partial charge >= 0.3 is 0 Å². The molecule has 3 aromatic rings. The molecule has 164 valence electrons. The van der Waals surface area contributed by atoms with Crippen LogP contribution >= 0.6 is 0 Å². The van der Waals surface area contributed by atoms with Crippen LogP contribution < -0.4 is 9.64 Å². The lowest BCUT2D eigenvalue weighted by Crippen LogP contribution is -2.29. The van der Waals surface area contributed by atoms with E-state index in [1.54, 1.807) is 52.5 Å². The van der Waals surface area contributed by atoms with E-state index in [4.69, 9.17) is 4.74 Å². The largest absolute Gasteiger partial charge is 0.496 e. The third-order valence-corrected chi connectivity index (χ3v) is 7.58. The van der Waals surface area contributed by atoms with Gasteiger partial charge in [0.15, 0.2) is 0 Å². The van der Waals surface area contributed by atoms with E-state index in [2.05, 4.69) is 15.1 Å². The molecule has 1 atom stereocenters. The number of aliphatic hydroxyl groups is 1. The molecule has 2 heterocycles. The molecule has 1 aliphatic heterocycles. The first-order valence-electron chi connectivity index (χ1n) is 10.1. The Morgan fingerprint density at radius 1 is 1.23 bits per heavy atom. The van der Waals surface area contributed by atoms with Crippen molar-refractivity contribution in [3.63, 3.8) is 0 Å². The Morgan fingerprint density at radius 2 is 2.00 bits per heavy atom. The first-order chi connectivity index (χ1) is 14.8. The van der Waals surface area contributed by atoms with E-state index >= 15 is 0 Å². The molecule has 0 bridgehead atoms. The molecule has 0 saturated carbocycles. The third kappa shape index (κ3) is 3.62. The molecule has 4 rings (SSSR count). The number of ether oxygens (including phenoxy) is 1. The Kier molecular flexibility index (Phi) is 5.59. The van der Waals surface area contributed by atoms with Crippen molar-refractivity contribution in [2.45, 2.75) is 30.8 Å². The standard InChI is InChI=1S/C22H26N4O4S/c1-14(27)16-11-17-18(12-21(16)30-4)24-23-13-20(17)26-10-6-7-15-19(26)8-5-9-22(15)31(28,29)25(2)3/h5,8-9,11-14,27H,6-7,10H2,1-4H3. The molecule has 1 aromatic heterocycles. The van der Waals surface area contributed by atoms with Crippen molar-refractivity contribution in [1.82, 2.24) is 14.5 Å². The number of rotatable bonds is 5. The van der Waals surface area contributed by atoms with E-state index in [1.807, 2.05) is 12.1 Å². The molecule has 31 heavy (non-hydrogen) atoms. The zero-order chi connectivity index (χ0) is 22.3. The van der Waals surface area contributed by atoms with Crippen LogP contribution in [0.15, 0.2) is 41.4 Å². The summed E-state index contributed by atoms with van der Waals surface area (Å²) in [5, 5.41) is 19.5. The number of benzene rings is 2. The molecular formula is C22H26N4O4S. The highest BCUT2D eigenvalue weighted by atomic mass is 32.2. The number of methoxy groups -OCH3 is 1. The minimum Gasteiger partial charge on any atom is -0.496 e. The third-order valence-electron chi connectivity index (χ3n) is 5.68. The van der Waals surface area contributed by atoms with Crippen molar-refractivity contribution in [2.24, 2.45) is 0 Å². The van der Waals surface area contributed by atoms with Crippen molar-refractivity contribution in [3.05, 3.63) is 47.7 Å². The second kappa shape index (κ2) is 8.07. The molecule has 1 aliphatic rings. The van der Waals surface area contributed by atoms with Crippen molar-refractivity contribution in [2.75, 3.05) is 32.6 Å². The molecule has 0 radical (unpaired) electrons. The van der Waals surface area contributed by atoms with E-state index in [-0.39, 0.29) is 0 Å². The van der Waals surface area contributed by atoms with Crippen molar-refractivity contribution < 1.29 is 18.3 Å². The summed E-state index contributed by atoms with van der Waals surface area (Å²) in [6.07, 6.45) is 2.45.